The van der Waals surface area contributed by atoms with E-state index < -0.39 is 0 Å². The average molecular weight is 246 g/mol. The van der Waals surface area contributed by atoms with Crippen molar-refractivity contribution in [2.75, 3.05) is 52.4 Å². The Bertz CT molecular complexity index is 397. The lowest BCUT2D eigenvalue weighted by atomic mass is 9.77. The summed E-state index contributed by atoms with van der Waals surface area (Å²) < 4.78 is 0. The van der Waals surface area contributed by atoms with Crippen LogP contribution in [0, 0.1) is 10.8 Å². The number of hydrogen-bond donors (Lipinski definition) is 0. The first-order valence-electron chi connectivity index (χ1n) is 7.14. The van der Waals surface area contributed by atoms with Crippen molar-refractivity contribution in [2.45, 2.75) is 13.8 Å². The topological polar surface area (TPSA) is 31.2 Å². The summed E-state index contributed by atoms with van der Waals surface area (Å²) in [6.45, 7) is 13.7. The largest absolute Gasteiger partial charge is 0.300 e. The molecule has 5 heterocycles. The Labute approximate surface area is 109 Å². The lowest BCUT2D eigenvalue weighted by Crippen LogP contribution is -2.45. The van der Waals surface area contributed by atoms with Crippen LogP contribution in [0.3, 0.4) is 0 Å². The second-order valence-electron chi connectivity index (χ2n) is 7.00. The summed E-state index contributed by atoms with van der Waals surface area (Å²) in [5, 5.41) is 0. The van der Waals surface area contributed by atoms with E-state index in [1.54, 1.807) is 0 Å². The molecule has 0 N–H and O–H groups in total. The minimum atomic E-state index is 0.198. The lowest BCUT2D eigenvalue weighted by Gasteiger charge is -2.35. The van der Waals surface area contributed by atoms with E-state index in [1.807, 2.05) is 0 Å². The summed E-state index contributed by atoms with van der Waals surface area (Å²) >= 11 is 0. The zero-order valence-corrected chi connectivity index (χ0v) is 11.4. The molecule has 98 valence electrons. The molecule has 0 radical (unpaired) electrons. The van der Waals surface area contributed by atoms with Gasteiger partial charge in [0.15, 0.2) is 0 Å². The van der Waals surface area contributed by atoms with E-state index in [9.17, 15) is 0 Å². The van der Waals surface area contributed by atoms with Gasteiger partial charge in [0.25, 0.3) is 0 Å². The molecule has 0 aromatic rings. The van der Waals surface area contributed by atoms with Gasteiger partial charge in [-0.15, -0.1) is 0 Å². The SMILES string of the molecule is CC12CN3CCN(C1)CC(C)(C3)C1=NCCN=C12. The van der Waals surface area contributed by atoms with E-state index in [2.05, 4.69) is 23.6 Å². The maximum absolute atomic E-state index is 4.90. The second kappa shape index (κ2) is 3.42. The second-order valence-corrected chi connectivity index (χ2v) is 7.00. The third kappa shape index (κ3) is 1.39. The molecule has 5 aliphatic rings. The molecule has 0 aliphatic carbocycles. The van der Waals surface area contributed by atoms with Crippen LogP contribution in [-0.2, 0) is 0 Å². The van der Waals surface area contributed by atoms with Gasteiger partial charge in [0.1, 0.15) is 0 Å². The monoisotopic (exact) mass is 246 g/mol. The molecule has 0 amide bonds. The summed E-state index contributed by atoms with van der Waals surface area (Å²) in [4.78, 5) is 15.1. The standard InChI is InChI=1S/C14H22N4/c1-13-7-17-5-6-18(8-13)10-14(2,9-17)12-11(13)15-3-4-16-12/h3-10H2,1-2H3. The van der Waals surface area contributed by atoms with Crippen LogP contribution in [0.1, 0.15) is 13.8 Å². The van der Waals surface area contributed by atoms with Crippen molar-refractivity contribution in [1.29, 1.82) is 0 Å². The van der Waals surface area contributed by atoms with Gasteiger partial charge < -0.3 is 9.80 Å². The number of fused-ring (bicyclic) bond motifs is 1. The zero-order valence-electron chi connectivity index (χ0n) is 11.4. The molecule has 4 bridgehead atoms. The first-order chi connectivity index (χ1) is 8.59. The van der Waals surface area contributed by atoms with Gasteiger partial charge in [-0.1, -0.05) is 13.8 Å². The van der Waals surface area contributed by atoms with Gasteiger partial charge in [-0.25, -0.2) is 0 Å². The van der Waals surface area contributed by atoms with Crippen molar-refractivity contribution in [3.63, 3.8) is 0 Å². The highest BCUT2D eigenvalue weighted by molar-refractivity contribution is 6.46. The number of rotatable bonds is 0. The smallest absolute Gasteiger partial charge is 0.0650 e. The molecule has 0 unspecified atom stereocenters. The minimum absolute atomic E-state index is 0.198. The Hall–Kier alpha value is -0.740. The fourth-order valence-corrected chi connectivity index (χ4v) is 4.51. The number of aliphatic imine (C=N–C) groups is 2. The van der Waals surface area contributed by atoms with Crippen LogP contribution >= 0.6 is 0 Å². The summed E-state index contributed by atoms with van der Waals surface area (Å²) in [5.74, 6) is 0. The van der Waals surface area contributed by atoms with Crippen LogP contribution in [-0.4, -0.2) is 73.6 Å². The summed E-state index contributed by atoms with van der Waals surface area (Å²) in [6.07, 6.45) is 0. The maximum atomic E-state index is 4.90. The molecule has 0 aromatic heterocycles. The molecule has 4 heteroatoms. The lowest BCUT2D eigenvalue weighted by molar-refractivity contribution is 0.150. The number of nitrogens with zero attached hydrogens (tertiary/aromatic N) is 4. The van der Waals surface area contributed by atoms with Gasteiger partial charge >= 0.3 is 0 Å². The van der Waals surface area contributed by atoms with Crippen LogP contribution < -0.4 is 0 Å². The Balaban J connectivity index is 1.94. The van der Waals surface area contributed by atoms with Crippen LogP contribution in [0.15, 0.2) is 9.98 Å². The Morgan fingerprint density at radius 1 is 0.778 bits per heavy atom. The van der Waals surface area contributed by atoms with Gasteiger partial charge in [0.05, 0.1) is 24.5 Å². The molecule has 0 atom stereocenters. The molecule has 4 saturated heterocycles. The summed E-state index contributed by atoms with van der Waals surface area (Å²) in [7, 11) is 0. The van der Waals surface area contributed by atoms with Crippen molar-refractivity contribution in [2.24, 2.45) is 20.8 Å². The van der Waals surface area contributed by atoms with Crippen LogP contribution in [0.4, 0.5) is 0 Å². The van der Waals surface area contributed by atoms with E-state index in [0.717, 1.165) is 39.3 Å². The molecule has 5 aliphatic heterocycles. The van der Waals surface area contributed by atoms with Gasteiger partial charge in [0.2, 0.25) is 0 Å². The molecular formula is C14H22N4. The predicted octanol–water partition coefficient (Wildman–Crippen LogP) is 0.539. The van der Waals surface area contributed by atoms with Crippen molar-refractivity contribution >= 4 is 11.4 Å². The minimum Gasteiger partial charge on any atom is -0.300 e. The van der Waals surface area contributed by atoms with Gasteiger partial charge in [-0.05, 0) is 0 Å². The van der Waals surface area contributed by atoms with E-state index in [-0.39, 0.29) is 10.8 Å². The van der Waals surface area contributed by atoms with Gasteiger partial charge in [-0.2, -0.15) is 0 Å². The first-order valence-corrected chi connectivity index (χ1v) is 7.14. The van der Waals surface area contributed by atoms with E-state index in [4.69, 9.17) is 9.98 Å². The fraction of sp³-hybridized carbons (Fsp3) is 0.857. The third-order valence-electron chi connectivity index (χ3n) is 5.03. The van der Waals surface area contributed by atoms with Gasteiger partial charge in [-0.3, -0.25) is 9.98 Å². The summed E-state index contributed by atoms with van der Waals surface area (Å²) in [5.41, 5.74) is 3.07. The molecule has 5 rings (SSSR count). The molecule has 0 aromatic carbocycles. The number of hydrogen-bond acceptors (Lipinski definition) is 4. The molecular weight excluding hydrogens is 224 g/mol. The highest BCUT2D eigenvalue weighted by Crippen LogP contribution is 2.41. The first kappa shape index (κ1) is 11.1. The Kier molecular flexibility index (Phi) is 2.11. The highest BCUT2D eigenvalue weighted by Gasteiger charge is 2.53. The highest BCUT2D eigenvalue weighted by atomic mass is 15.3. The van der Waals surface area contributed by atoms with Crippen molar-refractivity contribution < 1.29 is 0 Å². The van der Waals surface area contributed by atoms with Crippen molar-refractivity contribution in [1.82, 2.24) is 9.80 Å². The molecule has 0 saturated carbocycles. The van der Waals surface area contributed by atoms with E-state index in [1.165, 1.54) is 24.5 Å². The quantitative estimate of drug-likeness (QED) is 0.625. The fourth-order valence-electron chi connectivity index (χ4n) is 4.51. The molecule has 4 fully saturated rings. The Morgan fingerprint density at radius 2 is 1.17 bits per heavy atom. The molecule has 0 spiro atoms. The van der Waals surface area contributed by atoms with Crippen LogP contribution in [0.2, 0.25) is 0 Å². The Morgan fingerprint density at radius 3 is 1.56 bits per heavy atom. The normalized spacial score (nSPS) is 50.1. The van der Waals surface area contributed by atoms with Crippen molar-refractivity contribution in [3.05, 3.63) is 0 Å². The molecule has 18 heavy (non-hydrogen) atoms. The summed E-state index contributed by atoms with van der Waals surface area (Å²) in [6, 6.07) is 0. The zero-order chi connectivity index (χ0) is 12.4. The van der Waals surface area contributed by atoms with Crippen molar-refractivity contribution in [3.8, 4) is 0 Å². The van der Waals surface area contributed by atoms with Crippen LogP contribution in [0.5, 0.6) is 0 Å². The predicted molar refractivity (Wildman–Crippen MR) is 73.7 cm³/mol. The van der Waals surface area contributed by atoms with E-state index in [0.29, 0.717) is 0 Å². The van der Waals surface area contributed by atoms with Gasteiger partial charge in [0, 0.05) is 50.1 Å². The average Bonchev–Trinajstić information content (AvgIpc) is 2.64. The maximum Gasteiger partial charge on any atom is 0.0650 e. The van der Waals surface area contributed by atoms with Crippen LogP contribution in [0.25, 0.3) is 0 Å². The third-order valence-corrected chi connectivity index (χ3v) is 5.03. The van der Waals surface area contributed by atoms with E-state index >= 15 is 0 Å². The molecule has 4 nitrogen and oxygen atoms in total.